The van der Waals surface area contributed by atoms with Crippen molar-refractivity contribution in [1.29, 1.82) is 0 Å². The van der Waals surface area contributed by atoms with Gasteiger partial charge in [0.05, 0.1) is 23.6 Å². The third-order valence-corrected chi connectivity index (χ3v) is 3.65. The van der Waals surface area contributed by atoms with Crippen molar-refractivity contribution in [3.05, 3.63) is 48.2 Å². The molecule has 0 saturated carbocycles. The number of hydrogen-bond donors (Lipinski definition) is 2. The molecule has 1 aliphatic rings. The van der Waals surface area contributed by atoms with Crippen molar-refractivity contribution >= 4 is 17.2 Å². The molecule has 0 atom stereocenters. The number of likely N-dealkylation sites (N-methyl/N-ethyl adjacent to an activating group) is 1. The van der Waals surface area contributed by atoms with Crippen LogP contribution in [0.5, 0.6) is 0 Å². The maximum Gasteiger partial charge on any atom is 0.140 e. The molecule has 0 aliphatic carbocycles. The van der Waals surface area contributed by atoms with Gasteiger partial charge in [-0.25, -0.2) is 10.8 Å². The molecule has 1 aromatic carbocycles. The minimum Gasteiger partial charge on any atom is -0.371 e. The summed E-state index contributed by atoms with van der Waals surface area (Å²) in [6.45, 7) is 2.81. The molecule has 0 bridgehead atoms. The number of pyridine rings is 1. The Morgan fingerprint density at radius 2 is 1.90 bits per heavy atom. The summed E-state index contributed by atoms with van der Waals surface area (Å²) in [7, 11) is 2.13. The summed E-state index contributed by atoms with van der Waals surface area (Å²) >= 11 is 0. The second kappa shape index (κ2) is 5.38. The van der Waals surface area contributed by atoms with E-state index in [1.807, 2.05) is 18.2 Å². The van der Waals surface area contributed by atoms with E-state index in [2.05, 4.69) is 51.5 Å². The number of rotatable bonds is 3. The molecule has 0 amide bonds. The van der Waals surface area contributed by atoms with Crippen LogP contribution in [0.15, 0.2) is 42.5 Å². The average Bonchev–Trinajstić information content (AvgIpc) is 2.51. The molecular formula is C15H19N5. The van der Waals surface area contributed by atoms with Crippen LogP contribution in [0.25, 0.3) is 0 Å². The van der Waals surface area contributed by atoms with Gasteiger partial charge in [-0.15, -0.1) is 0 Å². The summed E-state index contributed by atoms with van der Waals surface area (Å²) in [4.78, 5) is 9.13. The number of para-hydroxylation sites is 2. The van der Waals surface area contributed by atoms with Crippen LogP contribution in [-0.4, -0.2) is 25.1 Å². The molecule has 2 aromatic rings. The SMILES string of the molecule is CN1CCN(Cc2cccc(NN)n2)c2ccccc21. The van der Waals surface area contributed by atoms with Gasteiger partial charge in [-0.3, -0.25) is 0 Å². The molecule has 0 unspecified atom stereocenters. The largest absolute Gasteiger partial charge is 0.371 e. The van der Waals surface area contributed by atoms with E-state index in [4.69, 9.17) is 5.84 Å². The zero-order chi connectivity index (χ0) is 13.9. The average molecular weight is 269 g/mol. The number of fused-ring (bicyclic) bond motifs is 1. The van der Waals surface area contributed by atoms with Crippen LogP contribution in [0.2, 0.25) is 0 Å². The minimum atomic E-state index is 0.699. The Hall–Kier alpha value is -2.27. The molecule has 20 heavy (non-hydrogen) atoms. The number of nitrogens with zero attached hydrogens (tertiary/aromatic N) is 3. The highest BCUT2D eigenvalue weighted by molar-refractivity contribution is 5.73. The van der Waals surface area contributed by atoms with Crippen LogP contribution in [-0.2, 0) is 6.54 Å². The van der Waals surface area contributed by atoms with Gasteiger partial charge in [-0.05, 0) is 24.3 Å². The quantitative estimate of drug-likeness (QED) is 0.657. The van der Waals surface area contributed by atoms with E-state index in [1.165, 1.54) is 11.4 Å². The Bertz CT molecular complexity index is 598. The molecule has 1 aromatic heterocycles. The number of nitrogens with one attached hydrogen (secondary N) is 1. The van der Waals surface area contributed by atoms with Gasteiger partial charge in [0, 0.05) is 20.1 Å². The molecule has 0 saturated heterocycles. The van der Waals surface area contributed by atoms with Crippen molar-refractivity contribution in [1.82, 2.24) is 4.98 Å². The summed E-state index contributed by atoms with van der Waals surface area (Å²) in [6.07, 6.45) is 0. The van der Waals surface area contributed by atoms with Gasteiger partial charge in [0.15, 0.2) is 0 Å². The van der Waals surface area contributed by atoms with E-state index in [-0.39, 0.29) is 0 Å². The molecule has 3 rings (SSSR count). The summed E-state index contributed by atoms with van der Waals surface area (Å²) in [6, 6.07) is 14.3. The van der Waals surface area contributed by atoms with Crippen LogP contribution in [0, 0.1) is 0 Å². The summed E-state index contributed by atoms with van der Waals surface area (Å²) in [5.74, 6) is 6.11. The highest BCUT2D eigenvalue weighted by Gasteiger charge is 2.19. The van der Waals surface area contributed by atoms with Gasteiger partial charge in [0.25, 0.3) is 0 Å². The number of nitrogen functional groups attached to an aromatic ring is 1. The second-order valence-electron chi connectivity index (χ2n) is 4.99. The van der Waals surface area contributed by atoms with Crippen molar-refractivity contribution in [2.24, 2.45) is 5.84 Å². The van der Waals surface area contributed by atoms with Gasteiger partial charge in [-0.2, -0.15) is 0 Å². The molecule has 0 radical (unpaired) electrons. The lowest BCUT2D eigenvalue weighted by atomic mass is 10.1. The van der Waals surface area contributed by atoms with Gasteiger partial charge >= 0.3 is 0 Å². The molecule has 0 fully saturated rings. The van der Waals surface area contributed by atoms with Gasteiger partial charge in [0.1, 0.15) is 5.82 Å². The lowest BCUT2D eigenvalue weighted by molar-refractivity contribution is 0.725. The first-order chi connectivity index (χ1) is 9.78. The first-order valence-electron chi connectivity index (χ1n) is 6.75. The maximum atomic E-state index is 5.41. The highest BCUT2D eigenvalue weighted by atomic mass is 15.3. The van der Waals surface area contributed by atoms with Gasteiger partial charge in [0.2, 0.25) is 0 Å². The Balaban J connectivity index is 1.86. The van der Waals surface area contributed by atoms with Gasteiger partial charge in [-0.1, -0.05) is 18.2 Å². The monoisotopic (exact) mass is 269 g/mol. The molecule has 1 aliphatic heterocycles. The first kappa shape index (κ1) is 12.7. The predicted molar refractivity (Wildman–Crippen MR) is 82.8 cm³/mol. The van der Waals surface area contributed by atoms with Crippen LogP contribution < -0.4 is 21.1 Å². The number of anilines is 3. The van der Waals surface area contributed by atoms with Crippen LogP contribution in [0.1, 0.15) is 5.69 Å². The van der Waals surface area contributed by atoms with Crippen molar-refractivity contribution < 1.29 is 0 Å². The number of benzene rings is 1. The van der Waals surface area contributed by atoms with Crippen LogP contribution in [0.3, 0.4) is 0 Å². The molecule has 0 spiro atoms. The molecule has 2 heterocycles. The predicted octanol–water partition coefficient (Wildman–Crippen LogP) is 1.82. The van der Waals surface area contributed by atoms with E-state index in [1.54, 1.807) is 0 Å². The zero-order valence-corrected chi connectivity index (χ0v) is 11.6. The summed E-state index contributed by atoms with van der Waals surface area (Å²) in [5.41, 5.74) is 6.14. The van der Waals surface area contributed by atoms with Crippen LogP contribution in [0.4, 0.5) is 17.2 Å². The molecule has 5 nitrogen and oxygen atoms in total. The third-order valence-electron chi connectivity index (χ3n) is 3.65. The maximum absolute atomic E-state index is 5.41. The van der Waals surface area contributed by atoms with Crippen molar-refractivity contribution in [2.75, 3.05) is 35.4 Å². The number of nitrogens with two attached hydrogens (primary N) is 1. The highest BCUT2D eigenvalue weighted by Crippen LogP contribution is 2.32. The second-order valence-corrected chi connectivity index (χ2v) is 4.99. The van der Waals surface area contributed by atoms with Gasteiger partial charge < -0.3 is 15.2 Å². The van der Waals surface area contributed by atoms with Crippen molar-refractivity contribution in [2.45, 2.75) is 6.54 Å². The standard InChI is InChI=1S/C15H19N5/c1-19-9-10-20(14-7-3-2-6-13(14)19)11-12-5-4-8-15(17-12)18-16/h2-8H,9-11,16H2,1H3,(H,17,18). The number of hydrazine groups is 1. The fraction of sp³-hybridized carbons (Fsp3) is 0.267. The summed E-state index contributed by atoms with van der Waals surface area (Å²) < 4.78 is 0. The topological polar surface area (TPSA) is 57.4 Å². The Kier molecular flexibility index (Phi) is 3.43. The zero-order valence-electron chi connectivity index (χ0n) is 11.6. The normalized spacial score (nSPS) is 14.1. The first-order valence-corrected chi connectivity index (χ1v) is 6.75. The summed E-state index contributed by atoms with van der Waals surface area (Å²) in [5, 5.41) is 0. The van der Waals surface area contributed by atoms with E-state index >= 15 is 0 Å². The molecule has 3 N–H and O–H groups in total. The number of aromatic nitrogens is 1. The van der Waals surface area contributed by atoms with E-state index < -0.39 is 0 Å². The number of hydrogen-bond acceptors (Lipinski definition) is 5. The van der Waals surface area contributed by atoms with E-state index in [0.717, 1.165) is 25.3 Å². The lowest BCUT2D eigenvalue weighted by Gasteiger charge is -2.36. The molecular weight excluding hydrogens is 250 g/mol. The molecule has 5 heteroatoms. The van der Waals surface area contributed by atoms with E-state index in [0.29, 0.717) is 5.82 Å². The smallest absolute Gasteiger partial charge is 0.140 e. The Morgan fingerprint density at radius 3 is 2.70 bits per heavy atom. The van der Waals surface area contributed by atoms with E-state index in [9.17, 15) is 0 Å². The molecule has 104 valence electrons. The Morgan fingerprint density at radius 1 is 1.10 bits per heavy atom. The van der Waals surface area contributed by atoms with Crippen molar-refractivity contribution in [3.63, 3.8) is 0 Å². The van der Waals surface area contributed by atoms with Crippen LogP contribution >= 0.6 is 0 Å². The third kappa shape index (κ3) is 2.40. The fourth-order valence-corrected chi connectivity index (χ4v) is 2.57. The van der Waals surface area contributed by atoms with Crippen molar-refractivity contribution in [3.8, 4) is 0 Å². The minimum absolute atomic E-state index is 0.699. The Labute approximate surface area is 119 Å². The lowest BCUT2D eigenvalue weighted by Crippen LogP contribution is -2.38. The fourth-order valence-electron chi connectivity index (χ4n) is 2.57.